The number of ketones is 1. The average molecular weight is 365 g/mol. The molecule has 0 amide bonds. The summed E-state index contributed by atoms with van der Waals surface area (Å²) in [6, 6.07) is 5.77. The summed E-state index contributed by atoms with van der Waals surface area (Å²) in [4.78, 5) is 24.0. The lowest BCUT2D eigenvalue weighted by atomic mass is 9.76. The zero-order valence-corrected chi connectivity index (χ0v) is 15.4. The van der Waals surface area contributed by atoms with Crippen molar-refractivity contribution in [2.24, 2.45) is 5.92 Å². The molecule has 0 radical (unpaired) electrons. The minimum Gasteiger partial charge on any atom is -0.492 e. The maximum atomic E-state index is 12.1. The Morgan fingerprint density at radius 3 is 2.68 bits per heavy atom. The summed E-state index contributed by atoms with van der Waals surface area (Å²) in [6.45, 7) is 2.49. The van der Waals surface area contributed by atoms with Crippen molar-refractivity contribution in [3.8, 4) is 5.75 Å². The van der Waals surface area contributed by atoms with Crippen molar-refractivity contribution in [1.82, 2.24) is 0 Å². The molecule has 1 aliphatic heterocycles. The van der Waals surface area contributed by atoms with Crippen molar-refractivity contribution >= 4 is 23.4 Å². The number of benzene rings is 1. The van der Waals surface area contributed by atoms with Crippen molar-refractivity contribution in [2.75, 3.05) is 6.61 Å². The molecule has 1 aliphatic carbocycles. The second kappa shape index (κ2) is 7.77. The highest BCUT2D eigenvalue weighted by molar-refractivity contribution is 6.32. The third-order valence-corrected chi connectivity index (χ3v) is 5.68. The summed E-state index contributed by atoms with van der Waals surface area (Å²) in [5, 5.41) is 0.589. The Labute approximate surface area is 153 Å². The first-order valence-corrected chi connectivity index (χ1v) is 9.55. The minimum atomic E-state index is -0.631. The van der Waals surface area contributed by atoms with Gasteiger partial charge >= 0.3 is 5.97 Å². The van der Waals surface area contributed by atoms with E-state index in [0.717, 1.165) is 37.7 Å². The largest absolute Gasteiger partial charge is 0.492 e. The van der Waals surface area contributed by atoms with Crippen molar-refractivity contribution in [3.05, 3.63) is 28.8 Å². The number of ether oxygens (including phenoxy) is 2. The van der Waals surface area contributed by atoms with Crippen molar-refractivity contribution in [1.29, 1.82) is 0 Å². The van der Waals surface area contributed by atoms with E-state index in [1.165, 1.54) is 0 Å². The molecule has 0 spiro atoms. The van der Waals surface area contributed by atoms with Gasteiger partial charge in [0, 0.05) is 6.42 Å². The lowest BCUT2D eigenvalue weighted by Gasteiger charge is -2.41. The average Bonchev–Trinajstić information content (AvgIpc) is 3.10. The number of esters is 1. The smallest absolute Gasteiger partial charge is 0.313 e. The third-order valence-electron chi connectivity index (χ3n) is 5.39. The van der Waals surface area contributed by atoms with Crippen LogP contribution in [0.25, 0.3) is 0 Å². The number of rotatable bonds is 6. The fourth-order valence-electron chi connectivity index (χ4n) is 4.21. The maximum absolute atomic E-state index is 12.1. The van der Waals surface area contributed by atoms with Gasteiger partial charge in [-0.15, -0.1) is 0 Å². The van der Waals surface area contributed by atoms with E-state index in [0.29, 0.717) is 36.1 Å². The molecule has 1 heterocycles. The van der Waals surface area contributed by atoms with Gasteiger partial charge in [0.05, 0.1) is 11.6 Å². The number of carbonyl (C=O) groups excluding carboxylic acids is 2. The minimum absolute atomic E-state index is 0.00729. The van der Waals surface area contributed by atoms with Crippen molar-refractivity contribution in [3.63, 3.8) is 0 Å². The number of aryl methyl sites for hydroxylation is 1. The second-order valence-electron chi connectivity index (χ2n) is 7.11. The van der Waals surface area contributed by atoms with Crippen LogP contribution in [0.5, 0.6) is 5.75 Å². The molecule has 5 heteroatoms. The highest BCUT2D eigenvalue weighted by Gasteiger charge is 2.47. The normalized spacial score (nSPS) is 24.4. The summed E-state index contributed by atoms with van der Waals surface area (Å²) in [6.07, 6.45) is 6.02. The van der Waals surface area contributed by atoms with Crippen LogP contribution in [0.1, 0.15) is 57.4 Å². The summed E-state index contributed by atoms with van der Waals surface area (Å²) in [7, 11) is 0. The Kier molecular flexibility index (Phi) is 5.67. The van der Waals surface area contributed by atoms with Gasteiger partial charge in [-0.1, -0.05) is 30.5 Å². The van der Waals surface area contributed by atoms with Crippen LogP contribution in [-0.4, -0.2) is 24.0 Å². The first-order chi connectivity index (χ1) is 12.0. The zero-order valence-electron chi connectivity index (χ0n) is 14.7. The van der Waals surface area contributed by atoms with Crippen molar-refractivity contribution in [2.45, 2.75) is 63.9 Å². The van der Waals surface area contributed by atoms with E-state index in [2.05, 4.69) is 0 Å². The Morgan fingerprint density at radius 1 is 1.28 bits per heavy atom. The van der Waals surface area contributed by atoms with E-state index >= 15 is 0 Å². The predicted octanol–water partition coefficient (Wildman–Crippen LogP) is 4.51. The van der Waals surface area contributed by atoms with Gasteiger partial charge in [0.15, 0.2) is 0 Å². The second-order valence-corrected chi connectivity index (χ2v) is 7.52. The molecule has 4 nitrogen and oxygen atoms in total. The molecular weight excluding hydrogens is 340 g/mol. The molecule has 0 bridgehead atoms. The van der Waals surface area contributed by atoms with Gasteiger partial charge in [0.1, 0.15) is 23.6 Å². The Bertz CT molecular complexity index is 633. The Morgan fingerprint density at radius 2 is 2.04 bits per heavy atom. The van der Waals surface area contributed by atoms with Crippen LogP contribution in [0.4, 0.5) is 0 Å². The van der Waals surface area contributed by atoms with Crippen LogP contribution in [-0.2, 0) is 20.7 Å². The molecule has 136 valence electrons. The number of halogens is 1. The lowest BCUT2D eigenvalue weighted by Crippen LogP contribution is -2.48. The van der Waals surface area contributed by atoms with E-state index in [1.54, 1.807) is 0 Å². The van der Waals surface area contributed by atoms with Crippen LogP contribution in [0, 0.1) is 5.92 Å². The quantitative estimate of drug-likeness (QED) is 0.550. The van der Waals surface area contributed by atoms with Gasteiger partial charge in [0.2, 0.25) is 0 Å². The maximum Gasteiger partial charge on any atom is 0.313 e. The SMILES string of the molecule is CCOc1ccc(CCC2(C3CCCC3)CC(=O)CC(=O)O2)cc1Cl. The van der Waals surface area contributed by atoms with Crippen LogP contribution in [0.15, 0.2) is 18.2 Å². The molecule has 1 aromatic rings. The number of carbonyl (C=O) groups is 2. The van der Waals surface area contributed by atoms with E-state index in [9.17, 15) is 9.59 Å². The number of cyclic esters (lactones) is 1. The first-order valence-electron chi connectivity index (χ1n) is 9.17. The molecule has 2 fully saturated rings. The predicted molar refractivity (Wildman–Crippen MR) is 96.0 cm³/mol. The van der Waals surface area contributed by atoms with Gasteiger partial charge in [-0.3, -0.25) is 9.59 Å². The molecule has 1 saturated heterocycles. The van der Waals surface area contributed by atoms with Gasteiger partial charge in [-0.2, -0.15) is 0 Å². The molecule has 1 unspecified atom stereocenters. The van der Waals surface area contributed by atoms with Crippen LogP contribution in [0.3, 0.4) is 0 Å². The summed E-state index contributed by atoms with van der Waals surface area (Å²) in [5.74, 6) is 0.609. The van der Waals surface area contributed by atoms with Crippen LogP contribution >= 0.6 is 11.6 Å². The standard InChI is InChI=1S/C20H25ClO4/c1-2-24-18-8-7-14(11-17(18)21)9-10-20(15-5-3-4-6-15)13-16(22)12-19(23)25-20/h7-8,11,15H,2-6,9-10,12-13H2,1H3. The Balaban J connectivity index is 1.75. The molecule has 0 aromatic heterocycles. The number of Topliss-reactive ketones (excluding diaryl/α,β-unsaturated/α-hetero) is 1. The molecule has 1 atom stereocenters. The van der Waals surface area contributed by atoms with E-state index in [1.807, 2.05) is 25.1 Å². The third kappa shape index (κ3) is 4.17. The van der Waals surface area contributed by atoms with E-state index in [4.69, 9.17) is 21.1 Å². The molecular formula is C20H25ClO4. The topological polar surface area (TPSA) is 52.6 Å². The molecule has 1 aromatic carbocycles. The fourth-order valence-corrected chi connectivity index (χ4v) is 4.47. The molecule has 1 saturated carbocycles. The van der Waals surface area contributed by atoms with Gasteiger partial charge in [0.25, 0.3) is 0 Å². The van der Waals surface area contributed by atoms with Gasteiger partial charge in [-0.05, 0) is 56.2 Å². The monoisotopic (exact) mass is 364 g/mol. The van der Waals surface area contributed by atoms with Crippen LogP contribution in [0.2, 0.25) is 5.02 Å². The van der Waals surface area contributed by atoms with Crippen LogP contribution < -0.4 is 4.74 Å². The number of hydrogen-bond acceptors (Lipinski definition) is 4. The molecule has 2 aliphatic rings. The van der Waals surface area contributed by atoms with Crippen molar-refractivity contribution < 1.29 is 19.1 Å². The van der Waals surface area contributed by atoms with Gasteiger partial charge < -0.3 is 9.47 Å². The highest BCUT2D eigenvalue weighted by Crippen LogP contribution is 2.44. The molecule has 0 N–H and O–H groups in total. The highest BCUT2D eigenvalue weighted by atomic mass is 35.5. The first kappa shape index (κ1) is 18.2. The Hall–Kier alpha value is -1.55. The van der Waals surface area contributed by atoms with E-state index in [-0.39, 0.29) is 18.2 Å². The summed E-state index contributed by atoms with van der Waals surface area (Å²) in [5.41, 5.74) is 0.438. The molecule has 25 heavy (non-hydrogen) atoms. The van der Waals surface area contributed by atoms with Gasteiger partial charge in [-0.25, -0.2) is 0 Å². The summed E-state index contributed by atoms with van der Waals surface area (Å²) >= 11 is 6.27. The fraction of sp³-hybridized carbons (Fsp3) is 0.600. The molecule has 3 rings (SSSR count). The zero-order chi connectivity index (χ0) is 17.9. The summed E-state index contributed by atoms with van der Waals surface area (Å²) < 4.78 is 11.3. The number of hydrogen-bond donors (Lipinski definition) is 0. The van der Waals surface area contributed by atoms with E-state index < -0.39 is 5.60 Å². The lowest BCUT2D eigenvalue weighted by molar-refractivity contribution is -0.178.